The molecule has 10 aromatic rings. The van der Waals surface area contributed by atoms with Gasteiger partial charge in [0.1, 0.15) is 5.75 Å². The van der Waals surface area contributed by atoms with Crippen molar-refractivity contribution in [1.82, 2.24) is 0 Å². The molecule has 2 aliphatic heterocycles. The number of carbonyl (C=O) groups is 5. The molecule has 4 amide bonds. The van der Waals surface area contributed by atoms with E-state index in [0.29, 0.717) is 56.6 Å². The molecule has 12 rings (SSSR count). The van der Waals surface area contributed by atoms with Crippen molar-refractivity contribution in [3.05, 3.63) is 149 Å². The molecular formula is C53H34N2O6. The number of amides is 4. The zero-order valence-electron chi connectivity index (χ0n) is 33.5. The Morgan fingerprint density at radius 3 is 1.08 bits per heavy atom. The zero-order chi connectivity index (χ0) is 41.7. The van der Waals surface area contributed by atoms with Gasteiger partial charge in [-0.15, -0.1) is 0 Å². The standard InChI is InChI=1S/C53H34N2O6/c1-25(2)29-6-5-7-30(26(3)4)49(29)55-52(59)41-22-18-37-33-14-12-31-35-16-20-39-47-40(51(58)54(50(39)57)27-8-10-28(11-9-27)61-24-56)21-17-36(45(35)47)32-13-15-34(44(33)43(31)32)38-19-23-42(53(55)60)48(41)46(37)38/h5-26H,1-4H3. The molecule has 292 valence electrons. The Labute approximate surface area is 348 Å². The summed E-state index contributed by atoms with van der Waals surface area (Å²) >= 11 is 0. The first kappa shape index (κ1) is 35.3. The van der Waals surface area contributed by atoms with Crippen LogP contribution < -0.4 is 14.5 Å². The van der Waals surface area contributed by atoms with E-state index in [2.05, 4.69) is 52.0 Å². The highest BCUT2D eigenvalue weighted by Crippen LogP contribution is 2.51. The minimum absolute atomic E-state index is 0.0981. The summed E-state index contributed by atoms with van der Waals surface area (Å²) in [4.78, 5) is 71.3. The summed E-state index contributed by atoms with van der Waals surface area (Å²) in [6.45, 7) is 8.69. The number of hydrogen-bond acceptors (Lipinski definition) is 6. The van der Waals surface area contributed by atoms with Crippen LogP contribution in [0.15, 0.2) is 115 Å². The van der Waals surface area contributed by atoms with Crippen molar-refractivity contribution in [1.29, 1.82) is 0 Å². The van der Waals surface area contributed by atoms with Gasteiger partial charge in [0.05, 0.1) is 11.4 Å². The second kappa shape index (κ2) is 12.2. The van der Waals surface area contributed by atoms with Gasteiger partial charge in [-0.05, 0) is 136 Å². The third-order valence-corrected chi connectivity index (χ3v) is 13.2. The van der Waals surface area contributed by atoms with Crippen LogP contribution in [-0.4, -0.2) is 30.1 Å². The van der Waals surface area contributed by atoms with Gasteiger partial charge in [-0.2, -0.15) is 0 Å². The molecule has 0 N–H and O–H groups in total. The van der Waals surface area contributed by atoms with Crippen molar-refractivity contribution < 1.29 is 28.7 Å². The summed E-state index contributed by atoms with van der Waals surface area (Å²) in [5, 5.41) is 13.0. The van der Waals surface area contributed by atoms with Gasteiger partial charge in [0, 0.05) is 33.0 Å². The molecule has 0 atom stereocenters. The fraction of sp³-hybridized carbons (Fsp3) is 0.113. The number of anilines is 2. The Bertz CT molecular complexity index is 3480. The van der Waals surface area contributed by atoms with E-state index in [9.17, 15) is 24.0 Å². The molecule has 0 radical (unpaired) electrons. The number of rotatable bonds is 6. The van der Waals surface area contributed by atoms with Crippen LogP contribution in [0.3, 0.4) is 0 Å². The maximum absolute atomic E-state index is 14.8. The predicted octanol–water partition coefficient (Wildman–Crippen LogP) is 12.0. The van der Waals surface area contributed by atoms with Gasteiger partial charge in [0.15, 0.2) is 0 Å². The summed E-state index contributed by atoms with van der Waals surface area (Å²) in [7, 11) is 0. The van der Waals surface area contributed by atoms with E-state index >= 15 is 0 Å². The summed E-state index contributed by atoms with van der Waals surface area (Å²) in [5.41, 5.74) is 4.88. The molecular weight excluding hydrogens is 761 g/mol. The van der Waals surface area contributed by atoms with Gasteiger partial charge >= 0.3 is 0 Å². The molecule has 0 aliphatic carbocycles. The molecule has 8 nitrogen and oxygen atoms in total. The maximum atomic E-state index is 14.8. The van der Waals surface area contributed by atoms with Gasteiger partial charge in [-0.3, -0.25) is 24.0 Å². The van der Waals surface area contributed by atoms with Gasteiger partial charge in [-0.25, -0.2) is 9.80 Å². The van der Waals surface area contributed by atoms with Gasteiger partial charge < -0.3 is 4.74 Å². The molecule has 61 heavy (non-hydrogen) atoms. The third kappa shape index (κ3) is 4.40. The minimum atomic E-state index is -0.428. The fourth-order valence-electron chi connectivity index (χ4n) is 10.6. The number of fused-ring (bicyclic) bond motifs is 4. The number of hydrogen-bond donors (Lipinski definition) is 0. The van der Waals surface area contributed by atoms with Crippen LogP contribution in [-0.2, 0) is 4.79 Å². The Kier molecular flexibility index (Phi) is 7.04. The van der Waals surface area contributed by atoms with Gasteiger partial charge in [-0.1, -0.05) is 94.4 Å². The number of ether oxygens (including phenoxy) is 1. The highest BCUT2D eigenvalue weighted by molar-refractivity contribution is 6.47. The number of imide groups is 2. The van der Waals surface area contributed by atoms with Crippen molar-refractivity contribution in [3.63, 3.8) is 0 Å². The molecule has 0 fully saturated rings. The molecule has 10 aromatic carbocycles. The Morgan fingerprint density at radius 2 is 0.738 bits per heavy atom. The highest BCUT2D eigenvalue weighted by Gasteiger charge is 2.39. The lowest BCUT2D eigenvalue weighted by atomic mass is 9.80. The van der Waals surface area contributed by atoms with Crippen LogP contribution in [0.1, 0.15) is 92.1 Å². The minimum Gasteiger partial charge on any atom is -0.429 e. The van der Waals surface area contributed by atoms with E-state index in [1.807, 2.05) is 66.7 Å². The second-order valence-electron chi connectivity index (χ2n) is 16.9. The second-order valence-corrected chi connectivity index (χ2v) is 16.9. The summed E-state index contributed by atoms with van der Waals surface area (Å²) in [6.07, 6.45) is 0. The van der Waals surface area contributed by atoms with E-state index in [1.165, 1.54) is 9.80 Å². The quantitative estimate of drug-likeness (QED) is 0.0719. The van der Waals surface area contributed by atoms with Crippen molar-refractivity contribution in [2.24, 2.45) is 0 Å². The van der Waals surface area contributed by atoms with Crippen molar-refractivity contribution in [3.8, 4) is 5.75 Å². The first-order valence-electron chi connectivity index (χ1n) is 20.5. The van der Waals surface area contributed by atoms with Crippen LogP contribution >= 0.6 is 0 Å². The third-order valence-electron chi connectivity index (χ3n) is 13.2. The molecule has 0 bridgehead atoms. The normalized spacial score (nSPS) is 14.3. The lowest BCUT2D eigenvalue weighted by Gasteiger charge is -2.33. The number of carbonyl (C=O) groups excluding carboxylic acids is 5. The lowest BCUT2D eigenvalue weighted by molar-refractivity contribution is -0.120. The van der Waals surface area contributed by atoms with Crippen molar-refractivity contribution >= 4 is 117 Å². The summed E-state index contributed by atoms with van der Waals surface area (Å²) < 4.78 is 4.92. The van der Waals surface area contributed by atoms with Crippen LogP contribution in [0.4, 0.5) is 11.4 Å². The van der Waals surface area contributed by atoms with Crippen molar-refractivity contribution in [2.45, 2.75) is 39.5 Å². The van der Waals surface area contributed by atoms with Crippen molar-refractivity contribution in [2.75, 3.05) is 9.80 Å². The molecule has 0 spiro atoms. The molecule has 0 unspecified atom stereocenters. The maximum Gasteiger partial charge on any atom is 0.298 e. The molecule has 8 heteroatoms. The highest BCUT2D eigenvalue weighted by atomic mass is 16.5. The number of nitrogens with zero attached hydrogens (tertiary/aromatic N) is 2. The van der Waals surface area contributed by atoms with Crippen LogP contribution in [0.25, 0.3) is 75.4 Å². The smallest absolute Gasteiger partial charge is 0.298 e. The van der Waals surface area contributed by atoms with Gasteiger partial charge in [0.2, 0.25) is 0 Å². The largest absolute Gasteiger partial charge is 0.429 e. The average Bonchev–Trinajstić information content (AvgIpc) is 3.27. The number of benzene rings is 10. The first-order chi connectivity index (χ1) is 29.6. The van der Waals surface area contributed by atoms with Crippen LogP contribution in [0, 0.1) is 0 Å². The molecule has 0 saturated heterocycles. The van der Waals surface area contributed by atoms with Crippen LogP contribution in [0.2, 0.25) is 0 Å². The lowest BCUT2D eigenvalue weighted by Crippen LogP contribution is -2.41. The van der Waals surface area contributed by atoms with Gasteiger partial charge in [0.25, 0.3) is 30.1 Å². The monoisotopic (exact) mass is 794 g/mol. The molecule has 0 saturated carbocycles. The zero-order valence-corrected chi connectivity index (χ0v) is 33.5. The molecule has 2 heterocycles. The van der Waals surface area contributed by atoms with E-state index in [1.54, 1.807) is 24.3 Å². The SMILES string of the molecule is CC(C)c1cccc(C(C)C)c1N1C(=O)c2ccc3c4ccc5c6ccc7c8c(ccc(c9ccc(c%10ccc(c2c3%10)C1=O)c4c59)c86)C(=O)N(c1ccc(OC=O)cc1)C7=O. The molecule has 0 aromatic heterocycles. The van der Waals surface area contributed by atoms with E-state index in [0.717, 1.165) is 75.8 Å². The fourth-order valence-corrected chi connectivity index (χ4v) is 10.6. The Balaban J connectivity index is 1.08. The summed E-state index contributed by atoms with van der Waals surface area (Å²) in [5.74, 6) is -0.984. The van der Waals surface area contributed by atoms with E-state index in [4.69, 9.17) is 4.74 Å². The summed E-state index contributed by atoms with van der Waals surface area (Å²) in [6, 6.07) is 36.3. The van der Waals surface area contributed by atoms with E-state index in [-0.39, 0.29) is 23.7 Å². The van der Waals surface area contributed by atoms with E-state index < -0.39 is 11.8 Å². The average molecular weight is 795 g/mol. The molecule has 2 aliphatic rings. The first-order valence-corrected chi connectivity index (χ1v) is 20.5. The topological polar surface area (TPSA) is 101 Å². The number of para-hydroxylation sites is 1. The Hall–Kier alpha value is -7.71. The van der Waals surface area contributed by atoms with Crippen LogP contribution in [0.5, 0.6) is 5.75 Å². The Morgan fingerprint density at radius 1 is 0.410 bits per heavy atom. The predicted molar refractivity (Wildman–Crippen MR) is 241 cm³/mol.